The molecule has 1 aliphatic rings. The zero-order valence-electron chi connectivity index (χ0n) is 17.9. The third-order valence-corrected chi connectivity index (χ3v) is 5.84. The summed E-state index contributed by atoms with van der Waals surface area (Å²) >= 11 is 6.25. The number of carbonyl (C=O) groups excluding carboxylic acids is 1. The van der Waals surface area contributed by atoms with Crippen molar-refractivity contribution in [2.45, 2.75) is 32.0 Å². The smallest absolute Gasteiger partial charge is 0.254 e. The average molecular weight is 460 g/mol. The molecule has 0 spiro atoms. The lowest BCUT2D eigenvalue weighted by Crippen LogP contribution is -2.33. The SMILES string of the molecule is O=C(c1ccccc1COc1ccccc1)N(Cc1nnc(-c2ccccc2Cl)o1)C1CC1. The molecule has 0 bridgehead atoms. The zero-order valence-corrected chi connectivity index (χ0v) is 18.6. The number of halogens is 1. The van der Waals surface area contributed by atoms with E-state index in [9.17, 15) is 4.79 Å². The van der Waals surface area contributed by atoms with Gasteiger partial charge < -0.3 is 14.1 Å². The second-order valence-electron chi connectivity index (χ2n) is 7.90. The number of para-hydroxylation sites is 1. The predicted octanol–water partition coefficient (Wildman–Crippen LogP) is 5.77. The van der Waals surface area contributed by atoms with Crippen molar-refractivity contribution in [3.8, 4) is 17.2 Å². The summed E-state index contributed by atoms with van der Waals surface area (Å²) in [5.41, 5.74) is 2.12. The molecule has 0 unspecified atom stereocenters. The molecule has 0 saturated heterocycles. The average Bonchev–Trinajstić information content (AvgIpc) is 3.59. The number of carbonyl (C=O) groups is 1. The van der Waals surface area contributed by atoms with Crippen LogP contribution in [0.1, 0.15) is 34.7 Å². The second kappa shape index (κ2) is 9.46. The summed E-state index contributed by atoms with van der Waals surface area (Å²) in [4.78, 5) is 15.4. The molecule has 1 fully saturated rings. The number of aromatic nitrogens is 2. The van der Waals surface area contributed by atoms with Crippen LogP contribution in [0.2, 0.25) is 5.02 Å². The summed E-state index contributed by atoms with van der Waals surface area (Å²) < 4.78 is 11.8. The van der Waals surface area contributed by atoms with E-state index in [2.05, 4.69) is 10.2 Å². The van der Waals surface area contributed by atoms with Gasteiger partial charge in [0.05, 0.1) is 17.1 Å². The highest BCUT2D eigenvalue weighted by Crippen LogP contribution is 2.32. The van der Waals surface area contributed by atoms with Gasteiger partial charge in [-0.3, -0.25) is 4.79 Å². The molecule has 6 nitrogen and oxygen atoms in total. The molecule has 0 N–H and O–H groups in total. The molecule has 0 radical (unpaired) electrons. The van der Waals surface area contributed by atoms with Crippen molar-refractivity contribution in [3.63, 3.8) is 0 Å². The Morgan fingerprint density at radius 1 is 0.970 bits per heavy atom. The summed E-state index contributed by atoms with van der Waals surface area (Å²) in [7, 11) is 0. The fourth-order valence-corrected chi connectivity index (χ4v) is 3.86. The van der Waals surface area contributed by atoms with Gasteiger partial charge in [0.15, 0.2) is 0 Å². The maximum Gasteiger partial charge on any atom is 0.254 e. The number of amides is 1. The third-order valence-electron chi connectivity index (χ3n) is 5.51. The van der Waals surface area contributed by atoms with Crippen LogP contribution < -0.4 is 4.74 Å². The predicted molar refractivity (Wildman–Crippen MR) is 125 cm³/mol. The maximum atomic E-state index is 13.6. The molecule has 3 aromatic carbocycles. The number of ether oxygens (including phenoxy) is 1. The van der Waals surface area contributed by atoms with Crippen LogP contribution in [0.5, 0.6) is 5.75 Å². The van der Waals surface area contributed by atoms with Crippen LogP contribution in [-0.4, -0.2) is 27.0 Å². The Morgan fingerprint density at radius 2 is 1.70 bits per heavy atom. The van der Waals surface area contributed by atoms with Gasteiger partial charge in [-0.05, 0) is 43.2 Å². The largest absolute Gasteiger partial charge is 0.489 e. The number of rotatable bonds is 8. The van der Waals surface area contributed by atoms with Crippen molar-refractivity contribution >= 4 is 17.5 Å². The standard InChI is InChI=1S/C26H22ClN3O3/c27-23-13-7-6-12-22(23)25-29-28-24(33-25)16-30(19-14-15-19)26(31)21-11-5-4-8-18(21)17-32-20-9-2-1-3-10-20/h1-13,19H,14-17H2. The zero-order chi connectivity index (χ0) is 22.6. The molecule has 4 aromatic rings. The van der Waals surface area contributed by atoms with E-state index < -0.39 is 0 Å². The number of nitrogens with zero attached hydrogens (tertiary/aromatic N) is 3. The van der Waals surface area contributed by atoms with Crippen LogP contribution >= 0.6 is 11.6 Å². The topological polar surface area (TPSA) is 68.5 Å². The van der Waals surface area contributed by atoms with E-state index in [1.54, 1.807) is 6.07 Å². The first-order valence-electron chi connectivity index (χ1n) is 10.8. The molecule has 33 heavy (non-hydrogen) atoms. The summed E-state index contributed by atoms with van der Waals surface area (Å²) in [6, 6.07) is 24.6. The van der Waals surface area contributed by atoms with Crippen molar-refractivity contribution in [1.29, 1.82) is 0 Å². The van der Waals surface area contributed by atoms with E-state index in [1.165, 1.54) is 0 Å². The van der Waals surface area contributed by atoms with Crippen molar-refractivity contribution in [1.82, 2.24) is 15.1 Å². The van der Waals surface area contributed by atoms with Crippen LogP contribution in [0.25, 0.3) is 11.5 Å². The van der Waals surface area contributed by atoms with Gasteiger partial charge in [0.1, 0.15) is 12.4 Å². The van der Waals surface area contributed by atoms with Gasteiger partial charge in [-0.15, -0.1) is 10.2 Å². The van der Waals surface area contributed by atoms with Crippen LogP contribution in [-0.2, 0) is 13.2 Å². The highest BCUT2D eigenvalue weighted by atomic mass is 35.5. The summed E-state index contributed by atoms with van der Waals surface area (Å²) in [5.74, 6) is 1.41. The lowest BCUT2D eigenvalue weighted by Gasteiger charge is -2.22. The van der Waals surface area contributed by atoms with Gasteiger partial charge in [-0.25, -0.2) is 0 Å². The van der Waals surface area contributed by atoms with Crippen LogP contribution in [0.15, 0.2) is 83.3 Å². The molecule has 1 amide bonds. The first-order valence-corrected chi connectivity index (χ1v) is 11.2. The molecule has 1 saturated carbocycles. The summed E-state index contributed by atoms with van der Waals surface area (Å²) in [6.45, 7) is 0.552. The molecule has 1 aromatic heterocycles. The van der Waals surface area contributed by atoms with Gasteiger partial charge in [-0.2, -0.15) is 0 Å². The van der Waals surface area contributed by atoms with Crippen molar-refractivity contribution in [2.24, 2.45) is 0 Å². The lowest BCUT2D eigenvalue weighted by molar-refractivity contribution is 0.0711. The van der Waals surface area contributed by atoms with Gasteiger partial charge in [0, 0.05) is 17.2 Å². The quantitative estimate of drug-likeness (QED) is 0.334. The maximum absolute atomic E-state index is 13.6. The fourth-order valence-electron chi connectivity index (χ4n) is 3.65. The Bertz CT molecular complexity index is 1250. The number of hydrogen-bond donors (Lipinski definition) is 0. The van der Waals surface area contributed by atoms with E-state index in [1.807, 2.05) is 77.7 Å². The van der Waals surface area contributed by atoms with Crippen LogP contribution in [0.4, 0.5) is 0 Å². The van der Waals surface area contributed by atoms with E-state index in [4.69, 9.17) is 20.8 Å². The minimum atomic E-state index is -0.0674. The molecule has 5 rings (SSSR count). The first-order chi connectivity index (χ1) is 16.2. The first kappa shape index (κ1) is 21.2. The molecule has 0 aliphatic heterocycles. The highest BCUT2D eigenvalue weighted by molar-refractivity contribution is 6.33. The molecule has 1 aliphatic carbocycles. The number of benzene rings is 3. The minimum Gasteiger partial charge on any atom is -0.489 e. The second-order valence-corrected chi connectivity index (χ2v) is 8.31. The van der Waals surface area contributed by atoms with Gasteiger partial charge in [0.2, 0.25) is 11.8 Å². The number of hydrogen-bond acceptors (Lipinski definition) is 5. The summed E-state index contributed by atoms with van der Waals surface area (Å²) in [5, 5.41) is 8.84. The molecular weight excluding hydrogens is 438 g/mol. The van der Waals surface area contributed by atoms with Crippen molar-refractivity contribution in [3.05, 3.63) is 101 Å². The van der Waals surface area contributed by atoms with Crippen LogP contribution in [0, 0.1) is 0 Å². The molecule has 7 heteroatoms. The van der Waals surface area contributed by atoms with Gasteiger partial charge in [0.25, 0.3) is 5.91 Å². The molecule has 166 valence electrons. The normalized spacial score (nSPS) is 13.0. The monoisotopic (exact) mass is 459 g/mol. The lowest BCUT2D eigenvalue weighted by atomic mass is 10.1. The van der Waals surface area contributed by atoms with E-state index in [0.717, 1.165) is 24.2 Å². The van der Waals surface area contributed by atoms with Crippen molar-refractivity contribution in [2.75, 3.05) is 0 Å². The van der Waals surface area contributed by atoms with E-state index >= 15 is 0 Å². The molecule has 1 heterocycles. The van der Waals surface area contributed by atoms with E-state index in [-0.39, 0.29) is 18.5 Å². The summed E-state index contributed by atoms with van der Waals surface area (Å²) in [6.07, 6.45) is 1.92. The fraction of sp³-hybridized carbons (Fsp3) is 0.192. The van der Waals surface area contributed by atoms with Crippen LogP contribution in [0.3, 0.4) is 0 Å². The highest BCUT2D eigenvalue weighted by Gasteiger charge is 2.35. The van der Waals surface area contributed by atoms with E-state index in [0.29, 0.717) is 34.5 Å². The minimum absolute atomic E-state index is 0.0674. The molecule has 0 atom stereocenters. The Kier molecular flexibility index (Phi) is 6.09. The Labute approximate surface area is 196 Å². The Morgan fingerprint density at radius 3 is 2.48 bits per heavy atom. The molecular formula is C26H22ClN3O3. The van der Waals surface area contributed by atoms with Crippen molar-refractivity contribution < 1.29 is 13.9 Å². The Hall–Kier alpha value is -3.64. The van der Waals surface area contributed by atoms with Gasteiger partial charge >= 0.3 is 0 Å². The Balaban J connectivity index is 1.35. The third kappa shape index (κ3) is 4.91. The van der Waals surface area contributed by atoms with Gasteiger partial charge in [-0.1, -0.05) is 60.1 Å².